The van der Waals surface area contributed by atoms with Crippen molar-refractivity contribution in [1.82, 2.24) is 19.9 Å². The van der Waals surface area contributed by atoms with Gasteiger partial charge in [0.1, 0.15) is 11.9 Å². The molecule has 4 aromatic rings. The van der Waals surface area contributed by atoms with E-state index in [-0.39, 0.29) is 11.9 Å². The van der Waals surface area contributed by atoms with Crippen molar-refractivity contribution in [1.29, 1.82) is 0 Å². The highest BCUT2D eigenvalue weighted by Crippen LogP contribution is 2.25. The summed E-state index contributed by atoms with van der Waals surface area (Å²) in [7, 11) is 0. The van der Waals surface area contributed by atoms with Crippen LogP contribution in [0, 0.1) is 11.7 Å². The molecule has 1 fully saturated rings. The van der Waals surface area contributed by atoms with Gasteiger partial charge in [-0.3, -0.25) is 0 Å². The van der Waals surface area contributed by atoms with Crippen molar-refractivity contribution < 1.29 is 9.13 Å². The average Bonchev–Trinajstić information content (AvgIpc) is 3.27. The summed E-state index contributed by atoms with van der Waals surface area (Å²) >= 11 is 0. The van der Waals surface area contributed by atoms with E-state index in [9.17, 15) is 4.39 Å². The molecular formula is C27H29FN4O. The Bertz CT molecular complexity index is 1210. The maximum atomic E-state index is 13.6. The van der Waals surface area contributed by atoms with Crippen molar-refractivity contribution in [3.05, 3.63) is 83.8 Å². The molecule has 1 aliphatic heterocycles. The molecule has 0 aliphatic carbocycles. The molecule has 2 aromatic heterocycles. The first-order valence-corrected chi connectivity index (χ1v) is 11.7. The fraction of sp³-hybridized carbons (Fsp3) is 0.333. The van der Waals surface area contributed by atoms with Crippen molar-refractivity contribution in [2.45, 2.75) is 38.7 Å². The standard InChI is InChI=1S/C27H29FN4O/c1-19(23-3-2-4-24(28)17-23)33-27-12-11-26-30-18-25(32(26)31-27)22-9-7-20(8-10-22)5-6-21-13-15-29-16-14-21/h2-4,7-12,17-19,21,29H,5-6,13-16H2,1H3/t19-/m1/s1. The molecule has 6 heteroatoms. The number of fused-ring (bicyclic) bond motifs is 1. The van der Waals surface area contributed by atoms with Crippen LogP contribution in [0.1, 0.15) is 43.4 Å². The number of aromatic nitrogens is 3. The Labute approximate surface area is 193 Å². The third-order valence-electron chi connectivity index (χ3n) is 6.50. The lowest BCUT2D eigenvalue weighted by molar-refractivity contribution is 0.214. The Morgan fingerprint density at radius 3 is 2.70 bits per heavy atom. The van der Waals surface area contributed by atoms with Crippen LogP contribution in [0.25, 0.3) is 16.9 Å². The van der Waals surface area contributed by atoms with Crippen molar-refractivity contribution in [3.8, 4) is 17.1 Å². The molecule has 0 radical (unpaired) electrons. The van der Waals surface area contributed by atoms with Crippen LogP contribution in [0.5, 0.6) is 5.88 Å². The van der Waals surface area contributed by atoms with Crippen LogP contribution in [0.2, 0.25) is 0 Å². The second kappa shape index (κ2) is 9.71. The molecule has 5 rings (SSSR count). The van der Waals surface area contributed by atoms with Crippen LogP contribution < -0.4 is 10.1 Å². The number of hydrogen-bond acceptors (Lipinski definition) is 4. The summed E-state index contributed by atoms with van der Waals surface area (Å²) in [4.78, 5) is 4.49. The fourth-order valence-electron chi connectivity index (χ4n) is 4.51. The predicted molar refractivity (Wildman–Crippen MR) is 128 cm³/mol. The van der Waals surface area contributed by atoms with E-state index in [1.807, 2.05) is 25.3 Å². The first-order valence-electron chi connectivity index (χ1n) is 11.7. The molecule has 170 valence electrons. The molecule has 1 aliphatic rings. The first-order chi connectivity index (χ1) is 16.2. The summed E-state index contributed by atoms with van der Waals surface area (Å²) in [5.74, 6) is 1.03. The largest absolute Gasteiger partial charge is 0.469 e. The minimum atomic E-state index is -0.322. The molecule has 0 bridgehead atoms. The maximum Gasteiger partial charge on any atom is 0.232 e. The molecule has 3 heterocycles. The van der Waals surface area contributed by atoms with E-state index >= 15 is 0 Å². The summed E-state index contributed by atoms with van der Waals surface area (Å²) in [6.07, 6.45) is 6.46. The van der Waals surface area contributed by atoms with E-state index in [0.29, 0.717) is 5.88 Å². The van der Waals surface area contributed by atoms with E-state index in [1.165, 1.54) is 37.0 Å². The SMILES string of the molecule is C[C@@H](Oc1ccc2ncc(-c3ccc(CCC4CCNCC4)cc3)n2n1)c1cccc(F)c1. The second-order valence-corrected chi connectivity index (χ2v) is 8.83. The number of rotatable bonds is 7. The van der Waals surface area contributed by atoms with Gasteiger partial charge in [-0.05, 0) is 80.9 Å². The second-order valence-electron chi connectivity index (χ2n) is 8.83. The van der Waals surface area contributed by atoms with E-state index in [2.05, 4.69) is 39.7 Å². The van der Waals surface area contributed by atoms with Gasteiger partial charge >= 0.3 is 0 Å². The van der Waals surface area contributed by atoms with Crippen LogP contribution >= 0.6 is 0 Å². The number of benzene rings is 2. The van der Waals surface area contributed by atoms with Crippen molar-refractivity contribution in [2.75, 3.05) is 13.1 Å². The highest BCUT2D eigenvalue weighted by Gasteiger charge is 2.14. The van der Waals surface area contributed by atoms with Gasteiger partial charge in [0.05, 0.1) is 11.9 Å². The average molecular weight is 445 g/mol. The Morgan fingerprint density at radius 1 is 1.09 bits per heavy atom. The Hall–Kier alpha value is -3.25. The molecule has 5 nitrogen and oxygen atoms in total. The summed E-state index contributed by atoms with van der Waals surface area (Å²) in [6.45, 7) is 4.19. The van der Waals surface area contributed by atoms with Crippen LogP contribution in [0.4, 0.5) is 4.39 Å². The Morgan fingerprint density at radius 2 is 1.91 bits per heavy atom. The highest BCUT2D eigenvalue weighted by atomic mass is 19.1. The van der Waals surface area contributed by atoms with Crippen molar-refractivity contribution in [3.63, 3.8) is 0 Å². The van der Waals surface area contributed by atoms with Crippen LogP contribution in [0.3, 0.4) is 0 Å². The van der Waals surface area contributed by atoms with Gasteiger partial charge in [-0.25, -0.2) is 13.9 Å². The third kappa shape index (κ3) is 5.06. The lowest BCUT2D eigenvalue weighted by Crippen LogP contribution is -2.27. The molecule has 2 aromatic carbocycles. The highest BCUT2D eigenvalue weighted by molar-refractivity contribution is 5.63. The molecule has 33 heavy (non-hydrogen) atoms. The van der Waals surface area contributed by atoms with Gasteiger partial charge in [0, 0.05) is 11.6 Å². The molecule has 1 atom stereocenters. The number of piperidine rings is 1. The zero-order valence-electron chi connectivity index (χ0n) is 18.9. The molecule has 1 N–H and O–H groups in total. The summed E-state index contributed by atoms with van der Waals surface area (Å²) < 4.78 is 21.4. The van der Waals surface area contributed by atoms with Gasteiger partial charge in [0.2, 0.25) is 5.88 Å². The molecule has 0 unspecified atom stereocenters. The Kier molecular flexibility index (Phi) is 6.35. The van der Waals surface area contributed by atoms with E-state index in [1.54, 1.807) is 16.6 Å². The normalized spacial score (nSPS) is 15.6. The predicted octanol–water partition coefficient (Wildman–Crippen LogP) is 5.61. The van der Waals surface area contributed by atoms with E-state index < -0.39 is 0 Å². The quantitative estimate of drug-likeness (QED) is 0.403. The lowest BCUT2D eigenvalue weighted by Gasteiger charge is -2.22. The number of halogens is 1. The number of imidazole rings is 1. The smallest absolute Gasteiger partial charge is 0.232 e. The van der Waals surface area contributed by atoms with Gasteiger partial charge < -0.3 is 10.1 Å². The van der Waals surface area contributed by atoms with Crippen LogP contribution in [-0.2, 0) is 6.42 Å². The summed E-state index contributed by atoms with van der Waals surface area (Å²) in [5, 5.41) is 8.09. The van der Waals surface area contributed by atoms with E-state index in [4.69, 9.17) is 4.74 Å². The van der Waals surface area contributed by atoms with Crippen LogP contribution in [-0.4, -0.2) is 27.7 Å². The Balaban J connectivity index is 1.31. The van der Waals surface area contributed by atoms with Gasteiger partial charge in [-0.15, -0.1) is 5.10 Å². The zero-order chi connectivity index (χ0) is 22.6. The number of aryl methyl sites for hydroxylation is 1. The fourth-order valence-corrected chi connectivity index (χ4v) is 4.51. The lowest BCUT2D eigenvalue weighted by atomic mass is 9.91. The van der Waals surface area contributed by atoms with Crippen molar-refractivity contribution >= 4 is 5.65 Å². The minimum absolute atomic E-state index is 0.276. The molecule has 1 saturated heterocycles. The zero-order valence-corrected chi connectivity index (χ0v) is 18.9. The van der Waals surface area contributed by atoms with Gasteiger partial charge in [0.25, 0.3) is 0 Å². The number of nitrogens with one attached hydrogen (secondary N) is 1. The molecule has 0 saturated carbocycles. The van der Waals surface area contributed by atoms with E-state index in [0.717, 1.165) is 47.9 Å². The topological polar surface area (TPSA) is 51.5 Å². The molecule has 0 spiro atoms. The maximum absolute atomic E-state index is 13.6. The van der Waals surface area contributed by atoms with Gasteiger partial charge in [-0.2, -0.15) is 0 Å². The summed E-state index contributed by atoms with van der Waals surface area (Å²) in [6, 6.07) is 18.8. The number of nitrogens with zero attached hydrogens (tertiary/aromatic N) is 3. The molecular weight excluding hydrogens is 415 g/mol. The third-order valence-corrected chi connectivity index (χ3v) is 6.50. The number of hydrogen-bond donors (Lipinski definition) is 1. The summed E-state index contributed by atoms with van der Waals surface area (Å²) in [5.41, 5.74) is 4.87. The van der Waals surface area contributed by atoms with Crippen molar-refractivity contribution in [2.24, 2.45) is 5.92 Å². The first kappa shape index (κ1) is 21.6. The minimum Gasteiger partial charge on any atom is -0.469 e. The number of ether oxygens (including phenoxy) is 1. The van der Waals surface area contributed by atoms with Gasteiger partial charge in [0.15, 0.2) is 5.65 Å². The monoisotopic (exact) mass is 444 g/mol. The van der Waals surface area contributed by atoms with Crippen LogP contribution in [0.15, 0.2) is 66.9 Å². The molecule has 0 amide bonds. The van der Waals surface area contributed by atoms with Gasteiger partial charge in [-0.1, -0.05) is 36.4 Å².